The Balaban J connectivity index is 0.00000341. The zero-order valence-corrected chi connectivity index (χ0v) is 20.8. The lowest BCUT2D eigenvalue weighted by molar-refractivity contribution is 0.0963. The van der Waals surface area contributed by atoms with Crippen LogP contribution in [0.25, 0.3) is 0 Å². The average Bonchev–Trinajstić information content (AvgIpc) is 3.32. The van der Waals surface area contributed by atoms with Crippen molar-refractivity contribution < 1.29 is 4.79 Å². The summed E-state index contributed by atoms with van der Waals surface area (Å²) >= 11 is 0. The molecule has 1 atom stereocenters. The van der Waals surface area contributed by atoms with Crippen LogP contribution in [0.1, 0.15) is 47.3 Å². The van der Waals surface area contributed by atoms with E-state index in [1.165, 1.54) is 18.4 Å². The van der Waals surface area contributed by atoms with E-state index in [0.29, 0.717) is 18.2 Å². The lowest BCUT2D eigenvalue weighted by Crippen LogP contribution is -2.42. The van der Waals surface area contributed by atoms with Crippen LogP contribution in [0.2, 0.25) is 0 Å². The number of guanidine groups is 1. The molecule has 1 aliphatic heterocycles. The summed E-state index contributed by atoms with van der Waals surface area (Å²) in [6.07, 6.45) is 2.53. The fourth-order valence-electron chi connectivity index (χ4n) is 3.80. The zero-order valence-electron chi connectivity index (χ0n) is 18.4. The van der Waals surface area contributed by atoms with Crippen LogP contribution in [0, 0.1) is 0 Å². The molecule has 2 aromatic carbocycles. The van der Waals surface area contributed by atoms with E-state index in [1.54, 1.807) is 7.05 Å². The molecule has 6 nitrogen and oxygen atoms in total. The summed E-state index contributed by atoms with van der Waals surface area (Å²) in [4.78, 5) is 19.0. The van der Waals surface area contributed by atoms with Gasteiger partial charge in [-0.25, -0.2) is 4.99 Å². The van der Waals surface area contributed by atoms with Crippen molar-refractivity contribution in [2.75, 3.05) is 33.2 Å². The normalized spacial score (nSPS) is 15.1. The molecular weight excluding hydrogens is 501 g/mol. The Morgan fingerprint density at radius 1 is 1.03 bits per heavy atom. The molecule has 0 aromatic heterocycles. The second kappa shape index (κ2) is 13.3. The number of aliphatic imine (C=N–C) groups is 1. The van der Waals surface area contributed by atoms with Gasteiger partial charge in [-0.2, -0.15) is 0 Å². The van der Waals surface area contributed by atoms with Crippen molar-refractivity contribution in [2.24, 2.45) is 4.99 Å². The van der Waals surface area contributed by atoms with Crippen molar-refractivity contribution in [1.29, 1.82) is 0 Å². The van der Waals surface area contributed by atoms with Gasteiger partial charge in [0, 0.05) is 25.7 Å². The zero-order chi connectivity index (χ0) is 21.2. The van der Waals surface area contributed by atoms with Crippen LogP contribution < -0.4 is 16.0 Å². The Hall–Kier alpha value is -2.13. The third-order valence-corrected chi connectivity index (χ3v) is 5.44. The summed E-state index contributed by atoms with van der Waals surface area (Å²) in [5, 5.41) is 9.52. The van der Waals surface area contributed by atoms with E-state index in [-0.39, 0.29) is 29.9 Å². The number of halogens is 1. The van der Waals surface area contributed by atoms with Crippen LogP contribution in [-0.2, 0) is 6.54 Å². The molecule has 0 aliphatic carbocycles. The highest BCUT2D eigenvalue weighted by Crippen LogP contribution is 2.24. The monoisotopic (exact) mass is 535 g/mol. The van der Waals surface area contributed by atoms with Crippen LogP contribution >= 0.6 is 24.0 Å². The molecule has 1 saturated heterocycles. The summed E-state index contributed by atoms with van der Waals surface area (Å²) in [6.45, 7) is 6.54. The van der Waals surface area contributed by atoms with Crippen LogP contribution in [0.5, 0.6) is 0 Å². The molecule has 2 aromatic rings. The summed E-state index contributed by atoms with van der Waals surface area (Å²) in [7, 11) is 1.64. The number of nitrogens with zero attached hydrogens (tertiary/aromatic N) is 2. The number of likely N-dealkylation sites (tertiary alicyclic amines) is 1. The minimum absolute atomic E-state index is 0. The van der Waals surface area contributed by atoms with E-state index in [2.05, 4.69) is 58.1 Å². The highest BCUT2D eigenvalue weighted by Gasteiger charge is 2.23. The standard InChI is InChI=1S/C24H33N5O.HI/c1-3-26-24(27-17-19-11-13-21(14-12-19)23(30)25-2)28-18-22(29-15-7-8-16-29)20-9-5-4-6-10-20;/h4-6,9-14,22H,3,7-8,15-18H2,1-2H3,(H,25,30)(H2,26,27,28);1H. The number of hydrogen-bond acceptors (Lipinski definition) is 3. The molecule has 3 N–H and O–H groups in total. The molecule has 1 unspecified atom stereocenters. The van der Waals surface area contributed by atoms with Gasteiger partial charge in [0.25, 0.3) is 5.91 Å². The van der Waals surface area contributed by atoms with E-state index in [9.17, 15) is 4.79 Å². The SMILES string of the molecule is CCNC(=NCc1ccc(C(=O)NC)cc1)NCC(c1ccccc1)N1CCCC1.I. The third-order valence-electron chi connectivity index (χ3n) is 5.44. The van der Waals surface area contributed by atoms with Gasteiger partial charge in [-0.05, 0) is 56.1 Å². The molecule has 1 amide bonds. The van der Waals surface area contributed by atoms with Gasteiger partial charge < -0.3 is 16.0 Å². The highest BCUT2D eigenvalue weighted by molar-refractivity contribution is 14.0. The van der Waals surface area contributed by atoms with E-state index in [1.807, 2.05) is 24.3 Å². The van der Waals surface area contributed by atoms with Crippen molar-refractivity contribution in [2.45, 2.75) is 32.4 Å². The number of carbonyl (C=O) groups excluding carboxylic acids is 1. The van der Waals surface area contributed by atoms with Gasteiger partial charge in [-0.3, -0.25) is 9.69 Å². The van der Waals surface area contributed by atoms with E-state index < -0.39 is 0 Å². The van der Waals surface area contributed by atoms with Crippen molar-refractivity contribution in [3.8, 4) is 0 Å². The third kappa shape index (κ3) is 7.50. The first-order chi connectivity index (χ1) is 14.7. The van der Waals surface area contributed by atoms with Gasteiger partial charge in [0.2, 0.25) is 0 Å². The average molecular weight is 535 g/mol. The second-order valence-electron chi connectivity index (χ2n) is 7.52. The van der Waals surface area contributed by atoms with Gasteiger partial charge in [0.15, 0.2) is 5.96 Å². The predicted molar refractivity (Wildman–Crippen MR) is 138 cm³/mol. The number of hydrogen-bond donors (Lipinski definition) is 3. The minimum Gasteiger partial charge on any atom is -0.357 e. The van der Waals surface area contributed by atoms with Crippen molar-refractivity contribution in [3.05, 3.63) is 71.3 Å². The maximum atomic E-state index is 11.7. The fraction of sp³-hybridized carbons (Fsp3) is 0.417. The molecule has 1 heterocycles. The Labute approximate surface area is 202 Å². The Bertz CT molecular complexity index is 820. The number of benzene rings is 2. The van der Waals surface area contributed by atoms with Crippen molar-refractivity contribution >= 4 is 35.8 Å². The minimum atomic E-state index is -0.0751. The number of amides is 1. The largest absolute Gasteiger partial charge is 0.357 e. The number of nitrogens with one attached hydrogen (secondary N) is 3. The number of rotatable bonds is 8. The topological polar surface area (TPSA) is 68.8 Å². The Morgan fingerprint density at radius 2 is 1.71 bits per heavy atom. The summed E-state index contributed by atoms with van der Waals surface area (Å²) in [5.41, 5.74) is 3.07. The Morgan fingerprint density at radius 3 is 2.32 bits per heavy atom. The molecule has 0 radical (unpaired) electrons. The van der Waals surface area contributed by atoms with E-state index >= 15 is 0 Å². The highest BCUT2D eigenvalue weighted by atomic mass is 127. The summed E-state index contributed by atoms with van der Waals surface area (Å²) < 4.78 is 0. The maximum absolute atomic E-state index is 11.7. The molecular formula is C24H34IN5O. The van der Waals surface area contributed by atoms with E-state index in [0.717, 1.165) is 37.7 Å². The molecule has 31 heavy (non-hydrogen) atoms. The van der Waals surface area contributed by atoms with Gasteiger partial charge in [0.1, 0.15) is 0 Å². The first kappa shape index (κ1) is 25.1. The number of carbonyl (C=O) groups is 1. The summed E-state index contributed by atoms with van der Waals surface area (Å²) in [5.74, 6) is 0.738. The van der Waals surface area contributed by atoms with Gasteiger partial charge in [-0.15, -0.1) is 24.0 Å². The van der Waals surface area contributed by atoms with Gasteiger partial charge >= 0.3 is 0 Å². The van der Waals surface area contributed by atoms with Crippen LogP contribution in [0.15, 0.2) is 59.6 Å². The smallest absolute Gasteiger partial charge is 0.251 e. The molecule has 3 rings (SSSR count). The quantitative estimate of drug-likeness (QED) is 0.275. The van der Waals surface area contributed by atoms with Gasteiger partial charge in [-0.1, -0.05) is 42.5 Å². The summed E-state index contributed by atoms with van der Waals surface area (Å²) in [6, 6.07) is 18.6. The lowest BCUT2D eigenvalue weighted by atomic mass is 10.1. The molecule has 7 heteroatoms. The van der Waals surface area contributed by atoms with Gasteiger partial charge in [0.05, 0.1) is 12.6 Å². The molecule has 0 spiro atoms. The first-order valence-electron chi connectivity index (χ1n) is 10.8. The van der Waals surface area contributed by atoms with E-state index in [4.69, 9.17) is 4.99 Å². The van der Waals surface area contributed by atoms with Crippen molar-refractivity contribution in [1.82, 2.24) is 20.9 Å². The first-order valence-corrected chi connectivity index (χ1v) is 10.8. The second-order valence-corrected chi connectivity index (χ2v) is 7.52. The maximum Gasteiger partial charge on any atom is 0.251 e. The van der Waals surface area contributed by atoms with Crippen LogP contribution in [0.4, 0.5) is 0 Å². The molecule has 1 aliphatic rings. The molecule has 168 valence electrons. The van der Waals surface area contributed by atoms with Crippen LogP contribution in [-0.4, -0.2) is 50.0 Å². The molecule has 0 bridgehead atoms. The van der Waals surface area contributed by atoms with Crippen molar-refractivity contribution in [3.63, 3.8) is 0 Å². The molecule has 0 saturated carbocycles. The molecule has 1 fully saturated rings. The van der Waals surface area contributed by atoms with Crippen LogP contribution in [0.3, 0.4) is 0 Å². The predicted octanol–water partition coefficient (Wildman–Crippen LogP) is 3.56. The fourth-order valence-corrected chi connectivity index (χ4v) is 3.80. The Kier molecular flexibility index (Phi) is 10.8. The lowest BCUT2D eigenvalue weighted by Gasteiger charge is -2.29.